The molecule has 0 fully saturated rings. The van der Waals surface area contributed by atoms with Crippen LogP contribution in [-0.2, 0) is 21.7 Å². The summed E-state index contributed by atoms with van der Waals surface area (Å²) in [5.41, 5.74) is 20.0. The monoisotopic (exact) mass is 866 g/mol. The van der Waals surface area contributed by atoms with Gasteiger partial charge < -0.3 is 9.80 Å². The molecule has 0 radical (unpaired) electrons. The molecule has 0 N–H and O–H groups in total. The maximum absolute atomic E-state index is 2.70. The summed E-state index contributed by atoms with van der Waals surface area (Å²) in [6, 6.07) is 52.2. The number of anilines is 6. The first kappa shape index (κ1) is 39.9. The Hall–Kier alpha value is -5.62. The van der Waals surface area contributed by atoms with Gasteiger partial charge in [-0.2, -0.15) is 0 Å². The van der Waals surface area contributed by atoms with E-state index >= 15 is 0 Å². The van der Waals surface area contributed by atoms with E-state index in [0.717, 1.165) is 0 Å². The van der Waals surface area contributed by atoms with Crippen molar-refractivity contribution in [2.75, 3.05) is 9.80 Å². The van der Waals surface area contributed by atoms with Crippen LogP contribution in [0, 0.1) is 0 Å². The lowest BCUT2D eigenvalue weighted by atomic mass is 9.36. The summed E-state index contributed by atoms with van der Waals surface area (Å²) >= 11 is 3.98. The minimum absolute atomic E-state index is 0.0228. The van der Waals surface area contributed by atoms with Crippen molar-refractivity contribution in [1.82, 2.24) is 0 Å². The van der Waals surface area contributed by atoms with Gasteiger partial charge in [0.15, 0.2) is 0 Å². The lowest BCUT2D eigenvalue weighted by Crippen LogP contribution is -2.60. The maximum atomic E-state index is 2.70. The lowest BCUT2D eigenvalue weighted by Gasteiger charge is -2.44. The van der Waals surface area contributed by atoms with Gasteiger partial charge >= 0.3 is 0 Å². The smallest absolute Gasteiger partial charge is 0.264 e. The fourth-order valence-electron chi connectivity index (χ4n) is 11.1. The van der Waals surface area contributed by atoms with Crippen molar-refractivity contribution in [2.24, 2.45) is 0 Å². The Labute approximate surface area is 387 Å². The lowest BCUT2D eigenvalue weighted by molar-refractivity contribution is 0.590. The Bertz CT molecular complexity index is 3420. The Morgan fingerprint density at radius 3 is 1.75 bits per heavy atom. The molecule has 0 spiro atoms. The van der Waals surface area contributed by atoms with Crippen molar-refractivity contribution in [3.8, 4) is 11.1 Å². The average Bonchev–Trinajstić information content (AvgIpc) is 3.89. The minimum atomic E-state index is -0.0887. The van der Waals surface area contributed by atoms with Gasteiger partial charge in [0.2, 0.25) is 0 Å². The Kier molecular flexibility index (Phi) is 8.26. The fourth-order valence-corrected chi connectivity index (χ4v) is 13.7. The van der Waals surface area contributed by atoms with Crippen LogP contribution >= 0.6 is 22.7 Å². The standard InChI is InChI=1S/C59H55BN2S2/c1-56(2,3)34-20-25-37(26-21-34)61-47-29-24-36(58(7,8)9)30-46(47)60-51-48(61)32-42-40-17-13-15-19-49(40)63-54(42)53(51)62(38-27-22-35(23-28-38)57(4,5)6)52-43-31-41-39-16-12-14-18-44(39)59(10,11)45(41)33-50(43)64-55(52)60/h12-33H,1-11H3. The number of fused-ring (bicyclic) bond motifs is 13. The van der Waals surface area contributed by atoms with Crippen LogP contribution in [0.3, 0.4) is 0 Å². The van der Waals surface area contributed by atoms with E-state index in [1.54, 1.807) is 0 Å². The van der Waals surface area contributed by atoms with Crippen LogP contribution in [0.15, 0.2) is 133 Å². The number of hydrogen-bond donors (Lipinski definition) is 0. The summed E-state index contributed by atoms with van der Waals surface area (Å²) in [5.74, 6) is 0. The molecule has 0 saturated carbocycles. The van der Waals surface area contributed by atoms with Gasteiger partial charge in [0.25, 0.3) is 6.71 Å². The van der Waals surface area contributed by atoms with Crippen molar-refractivity contribution >= 4 is 109 Å². The summed E-state index contributed by atoms with van der Waals surface area (Å²) in [7, 11) is 0. The first-order valence-electron chi connectivity index (χ1n) is 23.0. The molecule has 2 aliphatic heterocycles. The molecule has 9 aromatic rings. The normalized spacial score (nSPS) is 15.1. The highest BCUT2D eigenvalue weighted by Gasteiger charge is 2.47. The Morgan fingerprint density at radius 1 is 0.469 bits per heavy atom. The van der Waals surface area contributed by atoms with Gasteiger partial charge in [-0.25, -0.2) is 0 Å². The summed E-state index contributed by atoms with van der Waals surface area (Å²) in [5, 5.41) is 3.97. The van der Waals surface area contributed by atoms with E-state index in [1.807, 2.05) is 22.7 Å². The molecule has 2 nitrogen and oxygen atoms in total. The molecule has 0 unspecified atom stereocenters. The molecule has 2 aromatic heterocycles. The van der Waals surface area contributed by atoms with Gasteiger partial charge in [0.05, 0.1) is 16.1 Å². The number of nitrogens with zero attached hydrogens (tertiary/aromatic N) is 2. The van der Waals surface area contributed by atoms with E-state index in [4.69, 9.17) is 0 Å². The van der Waals surface area contributed by atoms with Gasteiger partial charge in [-0.05, 0) is 121 Å². The van der Waals surface area contributed by atoms with Gasteiger partial charge in [0, 0.05) is 58.5 Å². The molecular weight excluding hydrogens is 812 g/mol. The van der Waals surface area contributed by atoms with Gasteiger partial charge in [-0.3, -0.25) is 0 Å². The highest BCUT2D eigenvalue weighted by Crippen LogP contribution is 2.56. The second kappa shape index (κ2) is 13.2. The third-order valence-corrected chi connectivity index (χ3v) is 17.1. The molecule has 316 valence electrons. The summed E-state index contributed by atoms with van der Waals surface area (Å²) in [4.78, 5) is 5.30. The Balaban J connectivity index is 1.25. The molecule has 64 heavy (non-hydrogen) atoms. The number of benzene rings is 7. The maximum Gasteiger partial charge on any atom is 0.264 e. The van der Waals surface area contributed by atoms with E-state index in [0.29, 0.717) is 0 Å². The Morgan fingerprint density at radius 2 is 1.08 bits per heavy atom. The van der Waals surface area contributed by atoms with Crippen molar-refractivity contribution in [3.63, 3.8) is 0 Å². The molecule has 0 amide bonds. The fraction of sp³-hybridized carbons (Fsp3) is 0.254. The van der Waals surface area contributed by atoms with E-state index in [2.05, 4.69) is 219 Å². The van der Waals surface area contributed by atoms with E-state index in [-0.39, 0.29) is 28.4 Å². The van der Waals surface area contributed by atoms with Crippen LogP contribution < -0.4 is 25.5 Å². The van der Waals surface area contributed by atoms with E-state index in [9.17, 15) is 0 Å². The van der Waals surface area contributed by atoms with E-state index < -0.39 is 0 Å². The van der Waals surface area contributed by atoms with Crippen molar-refractivity contribution in [1.29, 1.82) is 0 Å². The first-order valence-corrected chi connectivity index (χ1v) is 24.7. The number of hydrogen-bond acceptors (Lipinski definition) is 4. The predicted molar refractivity (Wildman–Crippen MR) is 282 cm³/mol. The zero-order valence-corrected chi connectivity index (χ0v) is 40.6. The topological polar surface area (TPSA) is 6.48 Å². The molecule has 3 aliphatic rings. The third-order valence-electron chi connectivity index (χ3n) is 14.7. The molecule has 0 saturated heterocycles. The quantitative estimate of drug-likeness (QED) is 0.160. The molecule has 4 heterocycles. The average molecular weight is 867 g/mol. The molecule has 5 heteroatoms. The highest BCUT2D eigenvalue weighted by molar-refractivity contribution is 7.34. The summed E-state index contributed by atoms with van der Waals surface area (Å²) in [6.45, 7) is 25.8. The van der Waals surface area contributed by atoms with Gasteiger partial charge in [-0.15, -0.1) is 22.7 Å². The molecule has 7 aromatic carbocycles. The van der Waals surface area contributed by atoms with Gasteiger partial charge in [0.1, 0.15) is 0 Å². The summed E-state index contributed by atoms with van der Waals surface area (Å²) in [6.07, 6.45) is 0. The minimum Gasteiger partial charge on any atom is -0.311 e. The van der Waals surface area contributed by atoms with Crippen LogP contribution in [0.5, 0.6) is 0 Å². The zero-order chi connectivity index (χ0) is 44.4. The van der Waals surface area contributed by atoms with Crippen molar-refractivity contribution in [3.05, 3.63) is 161 Å². The van der Waals surface area contributed by atoms with E-state index in [1.165, 1.54) is 119 Å². The largest absolute Gasteiger partial charge is 0.311 e. The number of thiophene rings is 2. The molecule has 12 rings (SSSR count). The van der Waals surface area contributed by atoms with Crippen LogP contribution in [0.1, 0.15) is 104 Å². The van der Waals surface area contributed by atoms with Crippen LogP contribution in [0.2, 0.25) is 0 Å². The van der Waals surface area contributed by atoms with Crippen LogP contribution in [-0.4, -0.2) is 6.71 Å². The molecule has 0 bridgehead atoms. The van der Waals surface area contributed by atoms with Crippen molar-refractivity contribution in [2.45, 2.75) is 97.8 Å². The van der Waals surface area contributed by atoms with Crippen LogP contribution in [0.25, 0.3) is 41.4 Å². The third kappa shape index (κ3) is 5.62. The second-order valence-corrected chi connectivity index (χ2v) is 24.4. The van der Waals surface area contributed by atoms with Crippen LogP contribution in [0.4, 0.5) is 34.1 Å². The summed E-state index contributed by atoms with van der Waals surface area (Å²) < 4.78 is 5.45. The van der Waals surface area contributed by atoms with Gasteiger partial charge in [-0.1, -0.05) is 155 Å². The number of rotatable bonds is 2. The SMILES string of the molecule is CC(C)(C)c1ccc(N2c3ccc(C(C)(C)C)cc3B3c4sc5cc6c(cc5c4N(c4ccc(C(C)(C)C)cc4)c4c3c2cc2c4sc3ccccc32)-c2ccccc2C6(C)C)cc1. The highest BCUT2D eigenvalue weighted by atomic mass is 32.1. The second-order valence-electron chi connectivity index (χ2n) is 22.2. The first-order chi connectivity index (χ1) is 30.4. The molecule has 1 aliphatic carbocycles. The zero-order valence-electron chi connectivity index (χ0n) is 39.0. The molecule has 0 atom stereocenters. The predicted octanol–water partition coefficient (Wildman–Crippen LogP) is 15.6. The van der Waals surface area contributed by atoms with Crippen molar-refractivity contribution < 1.29 is 0 Å². The molecular formula is C59H55BN2S2.